The van der Waals surface area contributed by atoms with Gasteiger partial charge in [-0.2, -0.15) is 0 Å². The fourth-order valence-corrected chi connectivity index (χ4v) is 1.81. The van der Waals surface area contributed by atoms with Crippen molar-refractivity contribution in [1.29, 1.82) is 5.41 Å². The number of phenolic OH excluding ortho intramolecular Hbond substituents is 1. The Labute approximate surface area is 120 Å². The van der Waals surface area contributed by atoms with Gasteiger partial charge in [0.1, 0.15) is 17.4 Å². The maximum absolute atomic E-state index is 14.1. The van der Waals surface area contributed by atoms with Gasteiger partial charge in [-0.05, 0) is 24.3 Å². The van der Waals surface area contributed by atoms with Crippen LogP contribution in [-0.2, 0) is 0 Å². The quantitative estimate of drug-likeness (QED) is 0.643. The van der Waals surface area contributed by atoms with E-state index in [2.05, 4.69) is 15.5 Å². The van der Waals surface area contributed by atoms with E-state index in [1.165, 1.54) is 6.07 Å². The Kier molecular flexibility index (Phi) is 4.13. The van der Waals surface area contributed by atoms with Crippen LogP contribution >= 0.6 is 0 Å². The molecule has 0 aliphatic rings. The van der Waals surface area contributed by atoms with Crippen LogP contribution in [0.3, 0.4) is 0 Å². The first-order valence-corrected chi connectivity index (χ1v) is 6.07. The van der Waals surface area contributed by atoms with E-state index < -0.39 is 5.82 Å². The molecule has 0 saturated heterocycles. The number of allylic oxidation sites excluding steroid dienone is 1. The van der Waals surface area contributed by atoms with Gasteiger partial charge in [0.2, 0.25) is 0 Å². The number of halogens is 1. The Hall–Kier alpha value is -2.96. The molecule has 0 unspecified atom stereocenters. The Morgan fingerprint density at radius 1 is 1.38 bits per heavy atom. The molecule has 21 heavy (non-hydrogen) atoms. The van der Waals surface area contributed by atoms with E-state index in [1.54, 1.807) is 19.2 Å². The molecule has 0 bridgehead atoms. The van der Waals surface area contributed by atoms with Crippen molar-refractivity contribution in [3.8, 4) is 17.0 Å². The van der Waals surface area contributed by atoms with Crippen LogP contribution in [0.2, 0.25) is 0 Å². The lowest BCUT2D eigenvalue weighted by Gasteiger charge is -2.09. The minimum Gasteiger partial charge on any atom is -0.507 e. The molecule has 0 radical (unpaired) electrons. The van der Waals surface area contributed by atoms with Crippen molar-refractivity contribution in [2.24, 2.45) is 5.73 Å². The maximum atomic E-state index is 14.1. The molecule has 1 heterocycles. The van der Waals surface area contributed by atoms with Crippen molar-refractivity contribution in [3.05, 3.63) is 41.8 Å². The Morgan fingerprint density at radius 3 is 2.67 bits per heavy atom. The van der Waals surface area contributed by atoms with Crippen LogP contribution in [-0.4, -0.2) is 28.6 Å². The topological polar surface area (TPSA) is 108 Å². The number of aromatic nitrogens is 2. The van der Waals surface area contributed by atoms with E-state index in [0.717, 1.165) is 18.5 Å². The number of nitrogens with one attached hydrogen (secondary N) is 2. The van der Waals surface area contributed by atoms with Crippen molar-refractivity contribution in [1.82, 2.24) is 10.2 Å². The molecule has 2 aromatic rings. The lowest BCUT2D eigenvalue weighted by Crippen LogP contribution is -1.98. The lowest BCUT2D eigenvalue weighted by molar-refractivity contribution is 0.474. The Balaban J connectivity index is 2.51. The molecule has 5 N–H and O–H groups in total. The van der Waals surface area contributed by atoms with Crippen LogP contribution in [0.5, 0.6) is 5.75 Å². The van der Waals surface area contributed by atoms with Gasteiger partial charge in [-0.1, -0.05) is 0 Å². The second kappa shape index (κ2) is 6.00. The number of anilines is 1. The zero-order valence-electron chi connectivity index (χ0n) is 11.3. The van der Waals surface area contributed by atoms with Crippen molar-refractivity contribution in [2.75, 3.05) is 12.4 Å². The molecular formula is C14H14FN5O. The van der Waals surface area contributed by atoms with Crippen LogP contribution in [0.1, 0.15) is 5.56 Å². The van der Waals surface area contributed by atoms with E-state index in [4.69, 9.17) is 11.1 Å². The number of aromatic hydroxyl groups is 1. The monoisotopic (exact) mass is 287 g/mol. The van der Waals surface area contributed by atoms with Crippen LogP contribution in [0.15, 0.2) is 30.5 Å². The standard InChI is InChI=1S/C14H14FN5O/c1-18-14-3-2-12(19-20-14)10-4-11(15)9(5-13(10)21)8(6-16)7-17/h2-7,16,21H,17H2,1H3,(H,18,20)/b8-7+,16-6?. The number of benzene rings is 1. The van der Waals surface area contributed by atoms with Crippen LogP contribution in [0, 0.1) is 11.2 Å². The van der Waals surface area contributed by atoms with Crippen LogP contribution in [0.4, 0.5) is 10.2 Å². The highest BCUT2D eigenvalue weighted by Gasteiger charge is 2.14. The van der Waals surface area contributed by atoms with Crippen molar-refractivity contribution in [2.45, 2.75) is 0 Å². The first-order valence-electron chi connectivity index (χ1n) is 6.07. The van der Waals surface area contributed by atoms with Crippen LogP contribution in [0.25, 0.3) is 16.8 Å². The first kappa shape index (κ1) is 14.4. The summed E-state index contributed by atoms with van der Waals surface area (Å²) in [5.74, 6) is -0.214. The number of nitrogens with two attached hydrogens (primary N) is 1. The van der Waals surface area contributed by atoms with Gasteiger partial charge in [-0.15, -0.1) is 10.2 Å². The molecule has 0 aliphatic heterocycles. The molecule has 0 saturated carbocycles. The zero-order chi connectivity index (χ0) is 15.4. The van der Waals surface area contributed by atoms with Crippen LogP contribution < -0.4 is 11.1 Å². The fraction of sp³-hybridized carbons (Fsp3) is 0.0714. The summed E-state index contributed by atoms with van der Waals surface area (Å²) in [7, 11) is 1.70. The summed E-state index contributed by atoms with van der Waals surface area (Å²) in [5, 5.41) is 27.8. The fourth-order valence-electron chi connectivity index (χ4n) is 1.81. The average Bonchev–Trinajstić information content (AvgIpc) is 2.51. The summed E-state index contributed by atoms with van der Waals surface area (Å²) in [6, 6.07) is 5.63. The van der Waals surface area contributed by atoms with Gasteiger partial charge in [0.25, 0.3) is 0 Å². The van der Waals surface area contributed by atoms with Gasteiger partial charge < -0.3 is 21.6 Å². The summed E-state index contributed by atoms with van der Waals surface area (Å²) in [6.45, 7) is 0. The summed E-state index contributed by atoms with van der Waals surface area (Å²) in [6.07, 6.45) is 2.02. The van der Waals surface area contributed by atoms with E-state index in [-0.39, 0.29) is 22.4 Å². The first-order chi connectivity index (χ1) is 10.1. The van der Waals surface area contributed by atoms with Gasteiger partial charge in [0, 0.05) is 36.2 Å². The van der Waals surface area contributed by atoms with E-state index in [0.29, 0.717) is 11.5 Å². The second-order valence-corrected chi connectivity index (χ2v) is 4.17. The number of nitrogens with zero attached hydrogens (tertiary/aromatic N) is 2. The molecule has 1 aromatic carbocycles. The van der Waals surface area contributed by atoms with Crippen molar-refractivity contribution < 1.29 is 9.50 Å². The minimum atomic E-state index is -0.609. The number of hydrogen-bond donors (Lipinski definition) is 4. The Bertz CT molecular complexity index is 697. The predicted octanol–water partition coefficient (Wildman–Crippen LogP) is 1.98. The lowest BCUT2D eigenvalue weighted by atomic mass is 10.0. The van der Waals surface area contributed by atoms with E-state index in [1.807, 2.05) is 0 Å². The van der Waals surface area contributed by atoms with Gasteiger partial charge in [-0.25, -0.2) is 4.39 Å². The Morgan fingerprint density at radius 2 is 2.14 bits per heavy atom. The molecule has 0 atom stereocenters. The predicted molar refractivity (Wildman–Crippen MR) is 79.6 cm³/mol. The molecule has 0 aliphatic carbocycles. The summed E-state index contributed by atoms with van der Waals surface area (Å²) in [5.41, 5.74) is 6.10. The second-order valence-electron chi connectivity index (χ2n) is 4.17. The minimum absolute atomic E-state index is 0.0496. The van der Waals surface area contributed by atoms with Gasteiger partial charge in [0.05, 0.1) is 5.69 Å². The molecule has 6 nitrogen and oxygen atoms in total. The molecule has 0 amide bonds. The molecule has 0 spiro atoms. The van der Waals surface area contributed by atoms with Gasteiger partial charge in [0.15, 0.2) is 0 Å². The van der Waals surface area contributed by atoms with Gasteiger partial charge in [-0.3, -0.25) is 0 Å². The largest absolute Gasteiger partial charge is 0.507 e. The third-order valence-corrected chi connectivity index (χ3v) is 2.93. The van der Waals surface area contributed by atoms with Gasteiger partial charge >= 0.3 is 0 Å². The number of phenols is 1. The molecular weight excluding hydrogens is 273 g/mol. The normalized spacial score (nSPS) is 11.2. The average molecular weight is 287 g/mol. The highest BCUT2D eigenvalue weighted by atomic mass is 19.1. The van der Waals surface area contributed by atoms with Crippen molar-refractivity contribution in [3.63, 3.8) is 0 Å². The third kappa shape index (κ3) is 2.81. The van der Waals surface area contributed by atoms with E-state index >= 15 is 0 Å². The molecule has 108 valence electrons. The summed E-state index contributed by atoms with van der Waals surface area (Å²) >= 11 is 0. The molecule has 7 heteroatoms. The molecule has 0 fully saturated rings. The highest BCUT2D eigenvalue weighted by Crippen LogP contribution is 2.32. The molecule has 1 aromatic heterocycles. The van der Waals surface area contributed by atoms with Crippen molar-refractivity contribution >= 4 is 17.6 Å². The summed E-state index contributed by atoms with van der Waals surface area (Å²) < 4.78 is 14.1. The maximum Gasteiger partial charge on any atom is 0.148 e. The third-order valence-electron chi connectivity index (χ3n) is 2.93. The smallest absolute Gasteiger partial charge is 0.148 e. The SMILES string of the molecule is CNc1ccc(-c2cc(F)c(/C(C=N)=C/N)cc2O)nn1. The summed E-state index contributed by atoms with van der Waals surface area (Å²) in [4.78, 5) is 0. The highest BCUT2D eigenvalue weighted by molar-refractivity contribution is 6.08. The molecule has 2 rings (SSSR count). The number of hydrogen-bond acceptors (Lipinski definition) is 6. The number of rotatable bonds is 4. The van der Waals surface area contributed by atoms with E-state index in [9.17, 15) is 9.50 Å². The zero-order valence-corrected chi connectivity index (χ0v) is 11.3.